The summed E-state index contributed by atoms with van der Waals surface area (Å²) in [5, 5.41) is 20.3. The number of benzene rings is 1. The van der Waals surface area contributed by atoms with Crippen LogP contribution in [0.2, 0.25) is 0 Å². The third-order valence-corrected chi connectivity index (χ3v) is 4.09. The van der Waals surface area contributed by atoms with E-state index >= 15 is 0 Å². The minimum absolute atomic E-state index is 0.403. The highest BCUT2D eigenvalue weighted by molar-refractivity contribution is 5.54. The second-order valence-corrected chi connectivity index (χ2v) is 5.82. The highest BCUT2D eigenvalue weighted by Crippen LogP contribution is 2.31. The summed E-state index contributed by atoms with van der Waals surface area (Å²) < 4.78 is 0. The van der Waals surface area contributed by atoms with Gasteiger partial charge in [-0.05, 0) is 38.7 Å². The number of para-hydroxylation sites is 1. The Morgan fingerprint density at radius 1 is 1.26 bits per heavy atom. The first kappa shape index (κ1) is 14.4. The number of hydrogen-bond acceptors (Lipinski definition) is 3. The summed E-state index contributed by atoms with van der Waals surface area (Å²) in [7, 11) is 0. The number of nitrogens with zero attached hydrogens (tertiary/aromatic N) is 1. The van der Waals surface area contributed by atoms with Gasteiger partial charge in [0.1, 0.15) is 0 Å². The van der Waals surface area contributed by atoms with Crippen molar-refractivity contribution in [3.05, 3.63) is 29.8 Å². The lowest BCUT2D eigenvalue weighted by Crippen LogP contribution is -2.29. The molecule has 19 heavy (non-hydrogen) atoms. The molecule has 2 rings (SSSR count). The van der Waals surface area contributed by atoms with Crippen LogP contribution >= 0.6 is 0 Å². The molecule has 1 saturated heterocycles. The van der Waals surface area contributed by atoms with Gasteiger partial charge in [0, 0.05) is 24.3 Å². The van der Waals surface area contributed by atoms with E-state index in [1.807, 2.05) is 32.0 Å². The molecule has 3 nitrogen and oxygen atoms in total. The van der Waals surface area contributed by atoms with E-state index < -0.39 is 11.7 Å². The van der Waals surface area contributed by atoms with Gasteiger partial charge in [0.15, 0.2) is 0 Å². The quantitative estimate of drug-likeness (QED) is 0.881. The van der Waals surface area contributed by atoms with Crippen LogP contribution in [0.5, 0.6) is 0 Å². The van der Waals surface area contributed by atoms with Crippen LogP contribution in [0.15, 0.2) is 24.3 Å². The van der Waals surface area contributed by atoms with Crippen LogP contribution < -0.4 is 4.90 Å². The predicted octanol–water partition coefficient (Wildman–Crippen LogP) is 2.87. The van der Waals surface area contributed by atoms with E-state index in [2.05, 4.69) is 11.0 Å². The average Bonchev–Trinajstić information content (AvgIpc) is 2.59. The molecule has 3 heteroatoms. The molecule has 1 aromatic rings. The third-order valence-electron chi connectivity index (χ3n) is 4.09. The Morgan fingerprint density at radius 3 is 2.74 bits per heavy atom. The molecule has 1 fully saturated rings. The zero-order valence-corrected chi connectivity index (χ0v) is 12.0. The van der Waals surface area contributed by atoms with Gasteiger partial charge in [0.05, 0.1) is 11.7 Å². The Balaban J connectivity index is 2.22. The molecule has 1 heterocycles. The molecular weight excluding hydrogens is 238 g/mol. The van der Waals surface area contributed by atoms with Gasteiger partial charge in [0.25, 0.3) is 0 Å². The van der Waals surface area contributed by atoms with Crippen LogP contribution in [0.4, 0.5) is 5.69 Å². The highest BCUT2D eigenvalue weighted by atomic mass is 16.3. The maximum Gasteiger partial charge on any atom is 0.0807 e. The van der Waals surface area contributed by atoms with Crippen LogP contribution in [0.3, 0.4) is 0 Å². The Hall–Kier alpha value is -1.06. The fourth-order valence-corrected chi connectivity index (χ4v) is 2.78. The SMILES string of the molecule is CCC(O)c1ccccc1N1CCCC(C)(O)CC1. The van der Waals surface area contributed by atoms with Gasteiger partial charge < -0.3 is 15.1 Å². The van der Waals surface area contributed by atoms with E-state index in [1.54, 1.807) is 0 Å². The van der Waals surface area contributed by atoms with E-state index in [0.717, 1.165) is 50.0 Å². The molecule has 1 aliphatic rings. The molecule has 0 aliphatic carbocycles. The molecule has 106 valence electrons. The van der Waals surface area contributed by atoms with Gasteiger partial charge in [-0.3, -0.25) is 0 Å². The summed E-state index contributed by atoms with van der Waals surface area (Å²) in [5.74, 6) is 0. The molecule has 0 amide bonds. The molecule has 0 spiro atoms. The fraction of sp³-hybridized carbons (Fsp3) is 0.625. The Morgan fingerprint density at radius 2 is 2.00 bits per heavy atom. The Bertz CT molecular complexity index is 417. The van der Waals surface area contributed by atoms with Gasteiger partial charge in [0.2, 0.25) is 0 Å². The van der Waals surface area contributed by atoms with Crippen molar-refractivity contribution in [3.63, 3.8) is 0 Å². The molecule has 2 unspecified atom stereocenters. The maximum atomic E-state index is 10.2. The lowest BCUT2D eigenvalue weighted by atomic mass is 9.98. The Labute approximate surface area is 115 Å². The summed E-state index contributed by atoms with van der Waals surface area (Å²) >= 11 is 0. The van der Waals surface area contributed by atoms with Crippen LogP contribution in [-0.4, -0.2) is 28.9 Å². The molecule has 0 bridgehead atoms. The monoisotopic (exact) mass is 263 g/mol. The van der Waals surface area contributed by atoms with Crippen molar-refractivity contribution < 1.29 is 10.2 Å². The summed E-state index contributed by atoms with van der Waals surface area (Å²) in [6.45, 7) is 5.71. The van der Waals surface area contributed by atoms with E-state index in [0.29, 0.717) is 0 Å². The molecule has 0 radical (unpaired) electrons. The molecule has 0 aromatic heterocycles. The number of rotatable bonds is 3. The van der Waals surface area contributed by atoms with Crippen molar-refractivity contribution in [2.75, 3.05) is 18.0 Å². The van der Waals surface area contributed by atoms with E-state index in [4.69, 9.17) is 0 Å². The number of aliphatic hydroxyl groups excluding tert-OH is 1. The first-order valence-corrected chi connectivity index (χ1v) is 7.28. The first-order chi connectivity index (χ1) is 9.03. The van der Waals surface area contributed by atoms with Gasteiger partial charge in [-0.25, -0.2) is 0 Å². The molecule has 2 atom stereocenters. The lowest BCUT2D eigenvalue weighted by molar-refractivity contribution is 0.0481. The first-order valence-electron chi connectivity index (χ1n) is 7.28. The zero-order valence-electron chi connectivity index (χ0n) is 12.0. The third kappa shape index (κ3) is 3.48. The topological polar surface area (TPSA) is 43.7 Å². The molecule has 0 saturated carbocycles. The number of aliphatic hydroxyl groups is 2. The van der Waals surface area contributed by atoms with E-state index in [1.165, 1.54) is 0 Å². The van der Waals surface area contributed by atoms with Crippen LogP contribution in [0, 0.1) is 0 Å². The second-order valence-electron chi connectivity index (χ2n) is 5.82. The summed E-state index contributed by atoms with van der Waals surface area (Å²) in [6, 6.07) is 8.08. The van der Waals surface area contributed by atoms with Crippen molar-refractivity contribution in [3.8, 4) is 0 Å². The van der Waals surface area contributed by atoms with Crippen LogP contribution in [0.1, 0.15) is 51.2 Å². The number of anilines is 1. The van der Waals surface area contributed by atoms with Gasteiger partial charge >= 0.3 is 0 Å². The minimum atomic E-state index is -0.549. The van der Waals surface area contributed by atoms with Crippen molar-refractivity contribution in [1.29, 1.82) is 0 Å². The largest absolute Gasteiger partial charge is 0.390 e. The van der Waals surface area contributed by atoms with Crippen molar-refractivity contribution in [2.45, 2.75) is 51.2 Å². The Kier molecular flexibility index (Phi) is 4.48. The maximum absolute atomic E-state index is 10.2. The zero-order chi connectivity index (χ0) is 13.9. The van der Waals surface area contributed by atoms with Crippen LogP contribution in [0.25, 0.3) is 0 Å². The van der Waals surface area contributed by atoms with Crippen molar-refractivity contribution >= 4 is 5.69 Å². The second kappa shape index (κ2) is 5.93. The summed E-state index contributed by atoms with van der Waals surface area (Å²) in [6.07, 6.45) is 2.94. The fourth-order valence-electron chi connectivity index (χ4n) is 2.78. The number of hydrogen-bond donors (Lipinski definition) is 2. The van der Waals surface area contributed by atoms with Crippen molar-refractivity contribution in [2.24, 2.45) is 0 Å². The lowest BCUT2D eigenvalue weighted by Gasteiger charge is -2.27. The smallest absolute Gasteiger partial charge is 0.0807 e. The average molecular weight is 263 g/mol. The normalized spacial score (nSPS) is 26.0. The summed E-state index contributed by atoms with van der Waals surface area (Å²) in [5.41, 5.74) is 1.58. The molecule has 1 aliphatic heterocycles. The van der Waals surface area contributed by atoms with Crippen molar-refractivity contribution in [1.82, 2.24) is 0 Å². The standard InChI is InChI=1S/C16H25NO2/c1-3-15(18)13-7-4-5-8-14(13)17-11-6-9-16(2,19)10-12-17/h4-5,7-8,15,18-19H,3,6,9-12H2,1-2H3. The molecule has 2 N–H and O–H groups in total. The van der Waals surface area contributed by atoms with Crippen LogP contribution in [-0.2, 0) is 0 Å². The van der Waals surface area contributed by atoms with Gasteiger partial charge in [-0.2, -0.15) is 0 Å². The summed E-state index contributed by atoms with van der Waals surface area (Å²) in [4.78, 5) is 2.30. The van der Waals surface area contributed by atoms with Gasteiger partial charge in [-0.1, -0.05) is 25.1 Å². The van der Waals surface area contributed by atoms with E-state index in [-0.39, 0.29) is 0 Å². The molecular formula is C16H25NO2. The predicted molar refractivity (Wildman–Crippen MR) is 78.4 cm³/mol. The van der Waals surface area contributed by atoms with Gasteiger partial charge in [-0.15, -0.1) is 0 Å². The molecule has 1 aromatic carbocycles. The highest BCUT2D eigenvalue weighted by Gasteiger charge is 2.26. The van der Waals surface area contributed by atoms with E-state index in [9.17, 15) is 10.2 Å². The minimum Gasteiger partial charge on any atom is -0.390 e.